The normalized spacial score (nSPS) is 18.0. The zero-order chi connectivity index (χ0) is 16.6. The molecule has 3 nitrogen and oxygen atoms in total. The maximum Gasteiger partial charge on any atom is 0.372 e. The van der Waals surface area contributed by atoms with Gasteiger partial charge in [-0.05, 0) is 29.8 Å². The second-order valence-corrected chi connectivity index (χ2v) is 7.58. The van der Waals surface area contributed by atoms with Gasteiger partial charge in [-0.15, -0.1) is 0 Å². The van der Waals surface area contributed by atoms with Crippen molar-refractivity contribution in [1.82, 2.24) is 0 Å². The van der Waals surface area contributed by atoms with Crippen LogP contribution in [0.1, 0.15) is 5.56 Å². The number of para-hydroxylation sites is 1. The molecule has 1 aliphatic heterocycles. The molecule has 4 rings (SSSR count). The third kappa shape index (κ3) is 2.44. The maximum atomic E-state index is 13.6. The molecule has 1 N–H and O–H groups in total. The Labute approximate surface area is 141 Å². The standard InChI is InChI=1S/C20H16NO2P/c1-2-15-11-13-16(14-12-15)21-24(22)20-10-6-4-8-18(20)17-7-3-5-9-19(17)23-24/h2-14H,1H2,(H,21,22). The Kier molecular flexibility index (Phi) is 3.51. The molecule has 0 fully saturated rings. The first-order valence-corrected chi connectivity index (χ1v) is 9.31. The van der Waals surface area contributed by atoms with E-state index in [0.717, 1.165) is 22.4 Å². The molecule has 0 amide bonds. The molecule has 24 heavy (non-hydrogen) atoms. The van der Waals surface area contributed by atoms with Crippen LogP contribution in [0.25, 0.3) is 17.2 Å². The monoisotopic (exact) mass is 333 g/mol. The molecular weight excluding hydrogens is 317 g/mol. The smallest absolute Gasteiger partial charge is 0.372 e. The van der Waals surface area contributed by atoms with Gasteiger partial charge in [0.2, 0.25) is 0 Å². The Morgan fingerprint density at radius 1 is 0.875 bits per heavy atom. The Bertz CT molecular complexity index is 963. The van der Waals surface area contributed by atoms with Crippen molar-refractivity contribution in [3.8, 4) is 16.9 Å². The third-order valence-corrected chi connectivity index (χ3v) is 6.08. The highest BCUT2D eigenvalue weighted by Crippen LogP contribution is 2.54. The summed E-state index contributed by atoms with van der Waals surface area (Å²) in [6, 6.07) is 22.9. The predicted octanol–water partition coefficient (Wildman–Crippen LogP) is 5.32. The molecule has 0 spiro atoms. The van der Waals surface area contributed by atoms with Crippen LogP contribution >= 0.6 is 7.52 Å². The Hall–Kier alpha value is -2.77. The molecule has 0 saturated carbocycles. The number of anilines is 1. The van der Waals surface area contributed by atoms with E-state index in [2.05, 4.69) is 11.7 Å². The number of rotatable bonds is 3. The van der Waals surface area contributed by atoms with Crippen LogP contribution in [0.5, 0.6) is 5.75 Å². The fraction of sp³-hybridized carbons (Fsp3) is 0. The van der Waals surface area contributed by atoms with Crippen LogP contribution in [0.3, 0.4) is 0 Å². The van der Waals surface area contributed by atoms with Gasteiger partial charge in [-0.25, -0.2) is 4.57 Å². The number of benzene rings is 3. The molecule has 1 heterocycles. The summed E-state index contributed by atoms with van der Waals surface area (Å²) < 4.78 is 19.5. The van der Waals surface area contributed by atoms with Crippen LogP contribution in [0.15, 0.2) is 79.4 Å². The van der Waals surface area contributed by atoms with E-state index in [1.807, 2.05) is 72.8 Å². The summed E-state index contributed by atoms with van der Waals surface area (Å²) >= 11 is 0. The molecule has 0 aliphatic carbocycles. The summed E-state index contributed by atoms with van der Waals surface area (Å²) in [5.41, 5.74) is 3.66. The van der Waals surface area contributed by atoms with E-state index in [1.165, 1.54) is 0 Å². The second kappa shape index (κ2) is 5.70. The Balaban J connectivity index is 1.80. The van der Waals surface area contributed by atoms with E-state index in [1.54, 1.807) is 6.08 Å². The molecule has 1 aliphatic rings. The molecule has 0 aromatic heterocycles. The van der Waals surface area contributed by atoms with E-state index >= 15 is 0 Å². The first-order valence-electron chi connectivity index (χ1n) is 7.69. The van der Waals surface area contributed by atoms with Crippen molar-refractivity contribution in [3.05, 3.63) is 84.9 Å². The van der Waals surface area contributed by atoms with Gasteiger partial charge >= 0.3 is 7.52 Å². The SMILES string of the molecule is C=Cc1ccc(NP2(=O)Oc3ccccc3-c3ccccc32)cc1. The minimum absolute atomic E-state index is 0.634. The van der Waals surface area contributed by atoms with E-state index < -0.39 is 7.52 Å². The van der Waals surface area contributed by atoms with Gasteiger partial charge in [-0.2, -0.15) is 0 Å². The molecule has 3 aromatic carbocycles. The second-order valence-electron chi connectivity index (χ2n) is 5.59. The number of nitrogens with one attached hydrogen (secondary N) is 1. The molecule has 0 bridgehead atoms. The predicted molar refractivity (Wildman–Crippen MR) is 99.9 cm³/mol. The van der Waals surface area contributed by atoms with Crippen molar-refractivity contribution in [2.45, 2.75) is 0 Å². The molecule has 0 saturated heterocycles. The molecule has 3 aromatic rings. The van der Waals surface area contributed by atoms with Gasteiger partial charge in [0.15, 0.2) is 0 Å². The van der Waals surface area contributed by atoms with Crippen LogP contribution in [0, 0.1) is 0 Å². The van der Waals surface area contributed by atoms with Crippen molar-refractivity contribution in [1.29, 1.82) is 0 Å². The number of hydrogen-bond acceptors (Lipinski definition) is 2. The van der Waals surface area contributed by atoms with Gasteiger partial charge in [0, 0.05) is 16.8 Å². The van der Waals surface area contributed by atoms with Crippen molar-refractivity contribution in [2.24, 2.45) is 0 Å². The first kappa shape index (κ1) is 14.8. The van der Waals surface area contributed by atoms with Gasteiger partial charge in [0.05, 0.1) is 5.30 Å². The fourth-order valence-corrected chi connectivity index (χ4v) is 4.85. The zero-order valence-corrected chi connectivity index (χ0v) is 13.9. The quantitative estimate of drug-likeness (QED) is 0.659. The highest BCUT2D eigenvalue weighted by molar-refractivity contribution is 7.69. The summed E-state index contributed by atoms with van der Waals surface area (Å²) in [7, 11) is -3.26. The topological polar surface area (TPSA) is 38.3 Å². The summed E-state index contributed by atoms with van der Waals surface area (Å²) in [5, 5.41) is 3.80. The third-order valence-electron chi connectivity index (χ3n) is 4.05. The maximum absolute atomic E-state index is 13.6. The van der Waals surface area contributed by atoms with Crippen molar-refractivity contribution in [2.75, 3.05) is 5.09 Å². The number of fused-ring (bicyclic) bond motifs is 3. The minimum Gasteiger partial charge on any atom is -0.425 e. The van der Waals surface area contributed by atoms with E-state index in [9.17, 15) is 4.57 Å². The number of hydrogen-bond donors (Lipinski definition) is 1. The van der Waals surface area contributed by atoms with Crippen LogP contribution < -0.4 is 14.9 Å². The van der Waals surface area contributed by atoms with Gasteiger partial charge in [-0.1, -0.05) is 61.2 Å². The largest absolute Gasteiger partial charge is 0.425 e. The minimum atomic E-state index is -3.26. The Morgan fingerprint density at radius 3 is 2.29 bits per heavy atom. The summed E-state index contributed by atoms with van der Waals surface area (Å²) in [5.74, 6) is 0.634. The van der Waals surface area contributed by atoms with Crippen LogP contribution in [0.2, 0.25) is 0 Å². The van der Waals surface area contributed by atoms with Gasteiger partial charge in [0.25, 0.3) is 0 Å². The first-order chi connectivity index (χ1) is 11.7. The molecule has 1 atom stereocenters. The summed E-state index contributed by atoms with van der Waals surface area (Å²) in [6.07, 6.45) is 1.77. The molecule has 4 heteroatoms. The molecule has 0 radical (unpaired) electrons. The summed E-state index contributed by atoms with van der Waals surface area (Å²) in [4.78, 5) is 0. The van der Waals surface area contributed by atoms with Crippen molar-refractivity contribution >= 4 is 24.6 Å². The molecule has 118 valence electrons. The molecule has 1 unspecified atom stereocenters. The lowest BCUT2D eigenvalue weighted by Crippen LogP contribution is -2.22. The lowest BCUT2D eigenvalue weighted by atomic mass is 10.0. The van der Waals surface area contributed by atoms with Crippen LogP contribution in [-0.4, -0.2) is 0 Å². The zero-order valence-electron chi connectivity index (χ0n) is 13.0. The average Bonchev–Trinajstić information content (AvgIpc) is 2.62. The summed E-state index contributed by atoms with van der Waals surface area (Å²) in [6.45, 7) is 3.74. The van der Waals surface area contributed by atoms with Crippen molar-refractivity contribution < 1.29 is 9.09 Å². The fourth-order valence-electron chi connectivity index (χ4n) is 2.86. The molecular formula is C20H16NO2P. The van der Waals surface area contributed by atoms with E-state index in [4.69, 9.17) is 4.52 Å². The van der Waals surface area contributed by atoms with Crippen LogP contribution in [0.4, 0.5) is 5.69 Å². The van der Waals surface area contributed by atoms with Crippen molar-refractivity contribution in [3.63, 3.8) is 0 Å². The highest BCUT2D eigenvalue weighted by Gasteiger charge is 2.36. The Morgan fingerprint density at radius 2 is 1.54 bits per heavy atom. The average molecular weight is 333 g/mol. The van der Waals surface area contributed by atoms with Gasteiger partial charge < -0.3 is 9.61 Å². The van der Waals surface area contributed by atoms with E-state index in [-0.39, 0.29) is 0 Å². The van der Waals surface area contributed by atoms with Gasteiger partial charge in [0.1, 0.15) is 5.75 Å². The van der Waals surface area contributed by atoms with E-state index in [0.29, 0.717) is 11.1 Å². The highest BCUT2D eigenvalue weighted by atomic mass is 31.2. The van der Waals surface area contributed by atoms with Crippen LogP contribution in [-0.2, 0) is 4.57 Å². The lowest BCUT2D eigenvalue weighted by Gasteiger charge is -2.29. The lowest BCUT2D eigenvalue weighted by molar-refractivity contribution is 0.497. The van der Waals surface area contributed by atoms with Gasteiger partial charge in [-0.3, -0.25) is 0 Å².